The number of carbonyl (C=O) groups excluding carboxylic acids is 2. The Bertz CT molecular complexity index is 870. The van der Waals surface area contributed by atoms with Crippen LogP contribution in [-0.4, -0.2) is 37.9 Å². The van der Waals surface area contributed by atoms with E-state index in [0.29, 0.717) is 12.2 Å². The second-order valence-corrected chi connectivity index (χ2v) is 5.84. The molecule has 0 atom stereocenters. The lowest BCUT2D eigenvalue weighted by Crippen LogP contribution is -2.53. The Balaban J connectivity index is 1.91. The van der Waals surface area contributed by atoms with E-state index in [-0.39, 0.29) is 17.2 Å². The Morgan fingerprint density at radius 1 is 1.24 bits per heavy atom. The summed E-state index contributed by atoms with van der Waals surface area (Å²) in [6, 6.07) is 9.86. The van der Waals surface area contributed by atoms with Gasteiger partial charge in [-0.25, -0.2) is 4.98 Å². The molecule has 1 aliphatic heterocycles. The number of carbonyl (C=O) groups is 2. The van der Waals surface area contributed by atoms with E-state index in [1.54, 1.807) is 18.6 Å². The first kappa shape index (κ1) is 16.8. The molecule has 2 heterocycles. The largest absolute Gasteiger partial charge is 0.327 e. The van der Waals surface area contributed by atoms with Crippen molar-refractivity contribution in [2.45, 2.75) is 6.54 Å². The molecular formula is C18H16N4O2S. The fraction of sp³-hybridized carbons (Fsp3) is 0.111. The molecule has 0 spiro atoms. The van der Waals surface area contributed by atoms with E-state index in [1.165, 1.54) is 11.0 Å². The number of thiocarbonyl (C=S) groups is 1. The van der Waals surface area contributed by atoms with Gasteiger partial charge in [-0.1, -0.05) is 36.4 Å². The molecule has 1 N–H and O–H groups in total. The van der Waals surface area contributed by atoms with E-state index >= 15 is 0 Å². The Hall–Kier alpha value is -3.06. The number of imidazole rings is 1. The highest BCUT2D eigenvalue weighted by Crippen LogP contribution is 2.15. The predicted molar refractivity (Wildman–Crippen MR) is 98.4 cm³/mol. The van der Waals surface area contributed by atoms with Crippen molar-refractivity contribution in [1.82, 2.24) is 19.8 Å². The van der Waals surface area contributed by atoms with Gasteiger partial charge in [0.05, 0.1) is 18.2 Å². The summed E-state index contributed by atoms with van der Waals surface area (Å²) in [6.45, 7) is 4.43. The molecular weight excluding hydrogens is 336 g/mol. The quantitative estimate of drug-likeness (QED) is 0.385. The summed E-state index contributed by atoms with van der Waals surface area (Å²) in [4.78, 5) is 30.2. The van der Waals surface area contributed by atoms with Crippen LogP contribution >= 0.6 is 12.2 Å². The first-order valence-corrected chi connectivity index (χ1v) is 8.05. The number of hydrogen-bond acceptors (Lipinski definition) is 4. The molecule has 1 saturated heterocycles. The summed E-state index contributed by atoms with van der Waals surface area (Å²) in [5.41, 5.74) is 1.77. The zero-order valence-corrected chi connectivity index (χ0v) is 14.2. The third-order valence-electron chi connectivity index (χ3n) is 3.73. The molecule has 6 nitrogen and oxygen atoms in total. The van der Waals surface area contributed by atoms with E-state index < -0.39 is 11.8 Å². The number of benzene rings is 1. The second-order valence-electron chi connectivity index (χ2n) is 5.45. The number of aromatic nitrogens is 2. The van der Waals surface area contributed by atoms with Crippen LogP contribution in [0.3, 0.4) is 0 Å². The standard InChI is InChI=1S/C18H16N4O2S/c1-2-8-22-17(24)15(16(23)20-18(22)25)9-14-10-19-12-21(14)11-13-6-4-3-5-7-13/h2-7,9-10,12H,1,8,11H2,(H,20,23,25). The van der Waals surface area contributed by atoms with Crippen LogP contribution in [0.2, 0.25) is 0 Å². The van der Waals surface area contributed by atoms with Crippen LogP contribution < -0.4 is 5.32 Å². The fourth-order valence-electron chi connectivity index (χ4n) is 2.50. The van der Waals surface area contributed by atoms with Gasteiger partial charge in [0.25, 0.3) is 11.8 Å². The van der Waals surface area contributed by atoms with E-state index in [2.05, 4.69) is 16.9 Å². The highest BCUT2D eigenvalue weighted by atomic mass is 32.1. The molecule has 1 fully saturated rings. The SMILES string of the molecule is C=CCN1C(=O)C(=Cc2cncn2Cc2ccccc2)C(=O)NC1=S. The smallest absolute Gasteiger partial charge is 0.266 e. The topological polar surface area (TPSA) is 67.2 Å². The van der Waals surface area contributed by atoms with Gasteiger partial charge >= 0.3 is 0 Å². The van der Waals surface area contributed by atoms with Crippen LogP contribution in [0.5, 0.6) is 0 Å². The zero-order chi connectivity index (χ0) is 17.8. The number of hydrogen-bond donors (Lipinski definition) is 1. The van der Waals surface area contributed by atoms with E-state index in [0.717, 1.165) is 5.56 Å². The van der Waals surface area contributed by atoms with Crippen LogP contribution in [0.25, 0.3) is 6.08 Å². The summed E-state index contributed by atoms with van der Waals surface area (Å²) in [5.74, 6) is -0.955. The molecule has 0 bridgehead atoms. The molecule has 0 aliphatic carbocycles. The van der Waals surface area contributed by atoms with Crippen molar-refractivity contribution >= 4 is 35.2 Å². The van der Waals surface area contributed by atoms with Gasteiger partial charge < -0.3 is 4.57 Å². The minimum Gasteiger partial charge on any atom is -0.327 e. The predicted octanol–water partition coefficient (Wildman–Crippen LogP) is 1.74. The van der Waals surface area contributed by atoms with Crippen LogP contribution in [0.1, 0.15) is 11.3 Å². The molecule has 0 unspecified atom stereocenters. The molecule has 7 heteroatoms. The number of nitrogens with zero attached hydrogens (tertiary/aromatic N) is 3. The first-order valence-electron chi connectivity index (χ1n) is 7.64. The first-order chi connectivity index (χ1) is 12.1. The van der Waals surface area contributed by atoms with Gasteiger partial charge in [0, 0.05) is 13.1 Å². The van der Waals surface area contributed by atoms with E-state index in [4.69, 9.17) is 12.2 Å². The average Bonchev–Trinajstić information content (AvgIpc) is 3.03. The summed E-state index contributed by atoms with van der Waals surface area (Å²) in [5, 5.41) is 2.62. The Morgan fingerprint density at radius 2 is 2.00 bits per heavy atom. The van der Waals surface area contributed by atoms with Gasteiger partial charge in [0.1, 0.15) is 5.57 Å². The van der Waals surface area contributed by atoms with Gasteiger partial charge in [-0.3, -0.25) is 19.8 Å². The Kier molecular flexibility index (Phi) is 4.85. The van der Waals surface area contributed by atoms with Crippen molar-refractivity contribution in [2.75, 3.05) is 6.54 Å². The van der Waals surface area contributed by atoms with Crippen LogP contribution in [-0.2, 0) is 16.1 Å². The average molecular weight is 352 g/mol. The van der Waals surface area contributed by atoms with Gasteiger partial charge in [0.15, 0.2) is 5.11 Å². The highest BCUT2D eigenvalue weighted by Gasteiger charge is 2.32. The van der Waals surface area contributed by atoms with Gasteiger partial charge in [-0.15, -0.1) is 6.58 Å². The van der Waals surface area contributed by atoms with Crippen LogP contribution in [0, 0.1) is 0 Å². The molecule has 1 aromatic heterocycles. The maximum Gasteiger partial charge on any atom is 0.266 e. The Morgan fingerprint density at radius 3 is 2.72 bits per heavy atom. The third kappa shape index (κ3) is 3.56. The minimum atomic E-state index is -0.511. The molecule has 2 aromatic rings. The molecule has 0 radical (unpaired) electrons. The third-order valence-corrected chi connectivity index (χ3v) is 4.05. The molecule has 3 rings (SSSR count). The van der Waals surface area contributed by atoms with Crippen molar-refractivity contribution < 1.29 is 9.59 Å². The molecule has 2 amide bonds. The minimum absolute atomic E-state index is 0.0188. The Labute approximate surface area is 150 Å². The van der Waals surface area contributed by atoms with Crippen LogP contribution in [0.15, 0.2) is 61.1 Å². The normalized spacial score (nSPS) is 16.2. The summed E-state index contributed by atoms with van der Waals surface area (Å²) in [6.07, 6.45) is 6.36. The second kappa shape index (κ2) is 7.23. The van der Waals surface area contributed by atoms with Crippen molar-refractivity contribution in [3.8, 4) is 0 Å². The van der Waals surface area contributed by atoms with Crippen molar-refractivity contribution in [2.24, 2.45) is 0 Å². The number of amides is 2. The molecule has 1 aromatic carbocycles. The van der Waals surface area contributed by atoms with Crippen molar-refractivity contribution in [3.05, 3.63) is 72.3 Å². The summed E-state index contributed by atoms with van der Waals surface area (Å²) >= 11 is 5.04. The lowest BCUT2D eigenvalue weighted by Gasteiger charge is -2.27. The zero-order valence-electron chi connectivity index (χ0n) is 13.4. The summed E-state index contributed by atoms with van der Waals surface area (Å²) < 4.78 is 1.87. The number of nitrogens with one attached hydrogen (secondary N) is 1. The summed E-state index contributed by atoms with van der Waals surface area (Å²) in [7, 11) is 0. The highest BCUT2D eigenvalue weighted by molar-refractivity contribution is 7.80. The molecule has 25 heavy (non-hydrogen) atoms. The van der Waals surface area contributed by atoms with Gasteiger partial charge in [-0.2, -0.15) is 0 Å². The monoisotopic (exact) mass is 352 g/mol. The van der Waals surface area contributed by atoms with E-state index in [9.17, 15) is 9.59 Å². The number of rotatable bonds is 5. The lowest BCUT2D eigenvalue weighted by molar-refractivity contribution is -0.128. The fourth-order valence-corrected chi connectivity index (χ4v) is 2.75. The van der Waals surface area contributed by atoms with Crippen molar-refractivity contribution in [1.29, 1.82) is 0 Å². The maximum absolute atomic E-state index is 12.6. The molecule has 126 valence electrons. The van der Waals surface area contributed by atoms with Gasteiger partial charge in [-0.05, 0) is 23.9 Å². The maximum atomic E-state index is 12.6. The van der Waals surface area contributed by atoms with E-state index in [1.807, 2.05) is 34.9 Å². The lowest BCUT2D eigenvalue weighted by atomic mass is 10.1. The van der Waals surface area contributed by atoms with Gasteiger partial charge in [0.2, 0.25) is 0 Å². The molecule has 0 saturated carbocycles. The van der Waals surface area contributed by atoms with Crippen molar-refractivity contribution in [3.63, 3.8) is 0 Å². The van der Waals surface area contributed by atoms with Crippen LogP contribution in [0.4, 0.5) is 0 Å². The molecule has 1 aliphatic rings.